The zero-order valence-corrected chi connectivity index (χ0v) is 13.9. The Balaban J connectivity index is 2.02. The van der Waals surface area contributed by atoms with Crippen LogP contribution in [-0.4, -0.2) is 40.7 Å². The molecule has 1 heterocycles. The summed E-state index contributed by atoms with van der Waals surface area (Å²) in [5.41, 5.74) is 0.639. The van der Waals surface area contributed by atoms with Crippen LogP contribution in [0.3, 0.4) is 0 Å². The van der Waals surface area contributed by atoms with Crippen LogP contribution in [-0.2, 0) is 11.5 Å². The van der Waals surface area contributed by atoms with Gasteiger partial charge in [0, 0.05) is 12.1 Å². The summed E-state index contributed by atoms with van der Waals surface area (Å²) in [4.78, 5) is 13.7. The number of amides is 1. The van der Waals surface area contributed by atoms with Crippen LogP contribution in [0.1, 0.15) is 13.3 Å². The van der Waals surface area contributed by atoms with Gasteiger partial charge in [-0.2, -0.15) is 0 Å². The number of hydrogen-bond acceptors (Lipinski definition) is 5. The Bertz CT molecular complexity index is 711. The van der Waals surface area contributed by atoms with Gasteiger partial charge in [0.15, 0.2) is 0 Å². The zero-order chi connectivity index (χ0) is 16.8. The average Bonchev–Trinajstić information content (AvgIpc) is 2.86. The number of carbonyl (C=O) groups is 1. The number of benzene rings is 1. The first kappa shape index (κ1) is 17.3. The Morgan fingerprint density at radius 1 is 1.43 bits per heavy atom. The molecule has 1 aromatic heterocycles. The van der Waals surface area contributed by atoms with Crippen LogP contribution in [0, 0.1) is 10.7 Å². The third-order valence-corrected chi connectivity index (χ3v) is 3.35. The smallest absolute Gasteiger partial charge is 0.288 e. The molecule has 0 aliphatic rings. The van der Waals surface area contributed by atoms with E-state index in [0.717, 1.165) is 6.42 Å². The largest absolute Gasteiger partial charge is 0.409 e. The molecule has 0 bridgehead atoms. The number of hydrogen-bond donors (Lipinski definition) is 1. The molecule has 0 aliphatic carbocycles. The van der Waals surface area contributed by atoms with Crippen molar-refractivity contribution >= 4 is 18.1 Å². The normalized spacial score (nSPS) is 11.0. The molecular weight excluding hydrogens is 319 g/mol. The van der Waals surface area contributed by atoms with Gasteiger partial charge in [-0.05, 0) is 50.0 Å². The van der Waals surface area contributed by atoms with E-state index in [0.29, 0.717) is 24.7 Å². The molecule has 0 aliphatic heterocycles. The van der Waals surface area contributed by atoms with E-state index in [1.54, 1.807) is 24.1 Å². The molecule has 2 aromatic rings. The van der Waals surface area contributed by atoms with E-state index in [2.05, 4.69) is 10.4 Å². The fraction of sp³-hybridized carbons (Fsp3) is 0.400. The second-order valence-corrected chi connectivity index (χ2v) is 5.53. The van der Waals surface area contributed by atoms with Gasteiger partial charge in [-0.15, -0.1) is 5.10 Å². The number of nitrogens with one attached hydrogen (secondary N) is 1. The standard InChI is InChI=1S/C15H19FN4O2S/c1-3-8-17-13(21)9-19(2)10-20-15(23)22-14(18-20)11-4-6-12(16)7-5-11/h4-7H,3,8-10H2,1-2H3,(H,17,21). The minimum atomic E-state index is -0.329. The summed E-state index contributed by atoms with van der Waals surface area (Å²) in [5, 5.41) is 7.07. The monoisotopic (exact) mass is 338 g/mol. The second-order valence-electron chi connectivity index (χ2n) is 5.19. The molecule has 124 valence electrons. The maximum atomic E-state index is 12.9. The van der Waals surface area contributed by atoms with E-state index in [9.17, 15) is 9.18 Å². The molecule has 8 heteroatoms. The fourth-order valence-corrected chi connectivity index (χ4v) is 2.13. The Hall–Kier alpha value is -2.06. The molecule has 0 saturated carbocycles. The highest BCUT2D eigenvalue weighted by atomic mass is 32.1. The summed E-state index contributed by atoms with van der Waals surface area (Å²) in [6.07, 6.45) is 0.894. The van der Waals surface area contributed by atoms with E-state index in [-0.39, 0.29) is 23.1 Å². The van der Waals surface area contributed by atoms with Gasteiger partial charge in [-0.25, -0.2) is 9.07 Å². The van der Waals surface area contributed by atoms with Gasteiger partial charge < -0.3 is 9.73 Å². The number of aromatic nitrogens is 2. The average molecular weight is 338 g/mol. The third kappa shape index (κ3) is 4.97. The minimum Gasteiger partial charge on any atom is -0.409 e. The predicted molar refractivity (Wildman–Crippen MR) is 86.7 cm³/mol. The molecule has 0 unspecified atom stereocenters. The maximum Gasteiger partial charge on any atom is 0.288 e. The lowest BCUT2D eigenvalue weighted by atomic mass is 10.2. The van der Waals surface area contributed by atoms with Crippen LogP contribution in [0.25, 0.3) is 11.5 Å². The molecule has 6 nitrogen and oxygen atoms in total. The van der Waals surface area contributed by atoms with Crippen molar-refractivity contribution in [2.75, 3.05) is 20.1 Å². The fourth-order valence-electron chi connectivity index (χ4n) is 1.95. The van der Waals surface area contributed by atoms with E-state index in [4.69, 9.17) is 16.6 Å². The van der Waals surface area contributed by atoms with Crippen molar-refractivity contribution in [1.82, 2.24) is 20.0 Å². The lowest BCUT2D eigenvalue weighted by Gasteiger charge is -2.15. The minimum absolute atomic E-state index is 0.0527. The predicted octanol–water partition coefficient (Wildman–Crippen LogP) is 2.43. The summed E-state index contributed by atoms with van der Waals surface area (Å²) >= 11 is 5.13. The molecule has 1 aromatic carbocycles. The molecule has 0 saturated heterocycles. The highest BCUT2D eigenvalue weighted by Gasteiger charge is 2.11. The van der Waals surface area contributed by atoms with Gasteiger partial charge in [0.1, 0.15) is 5.82 Å². The van der Waals surface area contributed by atoms with Crippen molar-refractivity contribution in [2.45, 2.75) is 20.0 Å². The summed E-state index contributed by atoms with van der Waals surface area (Å²) in [6.45, 7) is 3.21. The highest BCUT2D eigenvalue weighted by Crippen LogP contribution is 2.18. The molecule has 2 rings (SSSR count). The summed E-state index contributed by atoms with van der Waals surface area (Å²) < 4.78 is 19.9. The van der Waals surface area contributed by atoms with Crippen molar-refractivity contribution in [3.05, 3.63) is 34.9 Å². The first-order valence-electron chi connectivity index (χ1n) is 7.28. The molecule has 0 fully saturated rings. The first-order valence-corrected chi connectivity index (χ1v) is 7.69. The summed E-state index contributed by atoms with van der Waals surface area (Å²) in [5.74, 6) is -0.0634. The van der Waals surface area contributed by atoms with Crippen molar-refractivity contribution in [1.29, 1.82) is 0 Å². The molecule has 1 amide bonds. The quantitative estimate of drug-likeness (QED) is 0.786. The van der Waals surface area contributed by atoms with Crippen LogP contribution in [0.2, 0.25) is 0 Å². The SMILES string of the molecule is CCCNC(=O)CN(C)Cn1nc(-c2ccc(F)cc2)oc1=S. The van der Waals surface area contributed by atoms with E-state index in [1.807, 2.05) is 6.92 Å². The van der Waals surface area contributed by atoms with Gasteiger partial charge in [0.05, 0.1) is 13.2 Å². The van der Waals surface area contributed by atoms with Crippen molar-refractivity contribution in [2.24, 2.45) is 0 Å². The highest BCUT2D eigenvalue weighted by molar-refractivity contribution is 7.71. The molecule has 0 spiro atoms. The van der Waals surface area contributed by atoms with Crippen molar-refractivity contribution < 1.29 is 13.6 Å². The lowest BCUT2D eigenvalue weighted by molar-refractivity contribution is -0.122. The second kappa shape index (κ2) is 7.98. The zero-order valence-electron chi connectivity index (χ0n) is 13.1. The Kier molecular flexibility index (Phi) is 6.00. The van der Waals surface area contributed by atoms with Crippen LogP contribution in [0.15, 0.2) is 28.7 Å². The Morgan fingerprint density at radius 2 is 2.13 bits per heavy atom. The van der Waals surface area contributed by atoms with Crippen molar-refractivity contribution in [3.63, 3.8) is 0 Å². The van der Waals surface area contributed by atoms with Crippen molar-refractivity contribution in [3.8, 4) is 11.5 Å². The number of halogens is 1. The maximum absolute atomic E-state index is 12.9. The van der Waals surface area contributed by atoms with Gasteiger partial charge in [0.2, 0.25) is 11.8 Å². The van der Waals surface area contributed by atoms with Crippen LogP contribution < -0.4 is 5.32 Å². The lowest BCUT2D eigenvalue weighted by Crippen LogP contribution is -2.36. The molecule has 23 heavy (non-hydrogen) atoms. The number of carbonyl (C=O) groups excluding carboxylic acids is 1. The van der Waals surface area contributed by atoms with E-state index < -0.39 is 0 Å². The van der Waals surface area contributed by atoms with Gasteiger partial charge in [0.25, 0.3) is 4.84 Å². The van der Waals surface area contributed by atoms with Gasteiger partial charge >= 0.3 is 0 Å². The molecule has 0 radical (unpaired) electrons. The van der Waals surface area contributed by atoms with E-state index in [1.165, 1.54) is 16.8 Å². The third-order valence-electron chi connectivity index (χ3n) is 3.06. The van der Waals surface area contributed by atoms with Crippen LogP contribution in [0.5, 0.6) is 0 Å². The van der Waals surface area contributed by atoms with E-state index >= 15 is 0 Å². The molecule has 0 atom stereocenters. The Labute approximate surface area is 138 Å². The van der Waals surface area contributed by atoms with Gasteiger partial charge in [-0.3, -0.25) is 9.69 Å². The Morgan fingerprint density at radius 3 is 2.78 bits per heavy atom. The number of likely N-dealkylation sites (N-methyl/N-ethyl adjacent to an activating group) is 1. The van der Waals surface area contributed by atoms with Crippen LogP contribution in [0.4, 0.5) is 4.39 Å². The molecular formula is C15H19FN4O2S. The first-order chi connectivity index (χ1) is 11.0. The number of rotatable bonds is 7. The summed E-state index contributed by atoms with van der Waals surface area (Å²) in [6, 6.07) is 5.80. The molecule has 1 N–H and O–H groups in total. The summed E-state index contributed by atoms with van der Waals surface area (Å²) in [7, 11) is 1.79. The number of nitrogens with zero attached hydrogens (tertiary/aromatic N) is 3. The van der Waals surface area contributed by atoms with Gasteiger partial charge in [-0.1, -0.05) is 6.92 Å². The topological polar surface area (TPSA) is 63.3 Å². The van der Waals surface area contributed by atoms with Crippen LogP contribution >= 0.6 is 12.2 Å².